The molecule has 0 aliphatic carbocycles. The molecule has 2 saturated heterocycles. The summed E-state index contributed by atoms with van der Waals surface area (Å²) in [6.45, 7) is 0. The van der Waals surface area contributed by atoms with Gasteiger partial charge in [0.05, 0.1) is 9.95 Å². The van der Waals surface area contributed by atoms with Gasteiger partial charge in [-0.1, -0.05) is 17.7 Å². The normalized spacial score (nSPS) is 26.6. The molecule has 2 unspecified atom stereocenters. The van der Waals surface area contributed by atoms with E-state index in [-0.39, 0.29) is 23.5 Å². The van der Waals surface area contributed by atoms with E-state index in [1.165, 1.54) is 12.1 Å². The Kier molecular flexibility index (Phi) is 5.52. The Bertz CT molecular complexity index is 701. The zero-order valence-electron chi connectivity index (χ0n) is 12.1. The fourth-order valence-electron chi connectivity index (χ4n) is 3.34. The van der Waals surface area contributed by atoms with Crippen molar-refractivity contribution in [2.45, 2.75) is 48.7 Å². The minimum Gasteiger partial charge on any atom is -0.311 e. The van der Waals surface area contributed by atoms with Gasteiger partial charge in [0, 0.05) is 24.2 Å². The van der Waals surface area contributed by atoms with E-state index >= 15 is 0 Å². The van der Waals surface area contributed by atoms with E-state index in [0.29, 0.717) is 24.9 Å². The van der Waals surface area contributed by atoms with Crippen molar-refractivity contribution in [2.75, 3.05) is 0 Å². The quantitative estimate of drug-likeness (QED) is 0.614. The molecule has 10 heteroatoms. The molecule has 2 aliphatic heterocycles. The highest BCUT2D eigenvalue weighted by Gasteiger charge is 2.37. The summed E-state index contributed by atoms with van der Waals surface area (Å²) in [5.74, 6) is 0. The van der Waals surface area contributed by atoms with Gasteiger partial charge in [-0.25, -0.2) is 13.1 Å². The molecular formula is C13H17Cl2N3O4S. The van der Waals surface area contributed by atoms with Gasteiger partial charge < -0.3 is 5.32 Å². The minimum absolute atomic E-state index is 0. The lowest BCUT2D eigenvalue weighted by atomic mass is 10.0. The third kappa shape index (κ3) is 3.77. The van der Waals surface area contributed by atoms with E-state index in [1.54, 1.807) is 0 Å². The number of sulfonamides is 1. The minimum atomic E-state index is -4.04. The van der Waals surface area contributed by atoms with Crippen molar-refractivity contribution in [1.29, 1.82) is 0 Å². The molecule has 2 heterocycles. The largest absolute Gasteiger partial charge is 0.311 e. The van der Waals surface area contributed by atoms with Crippen molar-refractivity contribution in [1.82, 2.24) is 10.0 Å². The first kappa shape index (κ1) is 18.4. The van der Waals surface area contributed by atoms with Gasteiger partial charge in [-0.05, 0) is 31.7 Å². The number of fused-ring (bicyclic) bond motifs is 2. The van der Waals surface area contributed by atoms with Gasteiger partial charge in [0.15, 0.2) is 4.90 Å². The number of hydrogen-bond donors (Lipinski definition) is 2. The Balaban J connectivity index is 0.00000192. The number of piperidine rings is 1. The van der Waals surface area contributed by atoms with Crippen LogP contribution in [0.1, 0.15) is 25.7 Å². The van der Waals surface area contributed by atoms with Gasteiger partial charge in [0.2, 0.25) is 10.0 Å². The lowest BCUT2D eigenvalue weighted by Crippen LogP contribution is -2.48. The number of nitro groups is 1. The smallest absolute Gasteiger partial charge is 0.290 e. The number of benzene rings is 1. The predicted octanol–water partition coefficient (Wildman–Crippen LogP) is 2.23. The van der Waals surface area contributed by atoms with Crippen LogP contribution in [-0.4, -0.2) is 31.5 Å². The molecule has 0 saturated carbocycles. The van der Waals surface area contributed by atoms with Crippen molar-refractivity contribution in [3.63, 3.8) is 0 Å². The Morgan fingerprint density at radius 3 is 2.43 bits per heavy atom. The second-order valence-corrected chi connectivity index (χ2v) is 7.83. The maximum absolute atomic E-state index is 12.6. The molecule has 2 bridgehead atoms. The summed E-state index contributed by atoms with van der Waals surface area (Å²) in [6.07, 6.45) is 3.45. The van der Waals surface area contributed by atoms with Gasteiger partial charge in [-0.15, -0.1) is 12.4 Å². The van der Waals surface area contributed by atoms with Crippen molar-refractivity contribution in [3.05, 3.63) is 33.3 Å². The molecule has 2 fully saturated rings. The number of rotatable bonds is 4. The molecule has 0 radical (unpaired) electrons. The standard InChI is InChI=1S/C13H16ClN3O4S.ClH/c14-11-2-1-3-12(17(18)19)13(11)22(20,21)16-10-6-8-4-5-9(7-10)15-8;/h1-3,8-10,15-16H,4-7H2;1H. The van der Waals surface area contributed by atoms with E-state index in [2.05, 4.69) is 10.0 Å². The first-order valence-corrected chi connectivity index (χ1v) is 8.94. The molecule has 0 spiro atoms. The number of nitrogens with one attached hydrogen (secondary N) is 2. The topological polar surface area (TPSA) is 101 Å². The van der Waals surface area contributed by atoms with Crippen LogP contribution in [0, 0.1) is 10.1 Å². The van der Waals surface area contributed by atoms with Crippen LogP contribution in [0.3, 0.4) is 0 Å². The predicted molar refractivity (Wildman–Crippen MR) is 88.6 cm³/mol. The molecule has 0 amide bonds. The highest BCUT2D eigenvalue weighted by Crippen LogP contribution is 2.33. The number of hydrogen-bond acceptors (Lipinski definition) is 5. The molecule has 2 aliphatic rings. The lowest BCUT2D eigenvalue weighted by Gasteiger charge is -2.29. The lowest BCUT2D eigenvalue weighted by molar-refractivity contribution is -0.387. The SMILES string of the molecule is Cl.O=[N+]([O-])c1cccc(Cl)c1S(=O)(=O)NC1CC2CCC(C1)N2. The average molecular weight is 382 g/mol. The first-order valence-electron chi connectivity index (χ1n) is 7.08. The summed E-state index contributed by atoms with van der Waals surface area (Å²) in [4.78, 5) is 9.89. The number of nitro benzene ring substituents is 1. The molecule has 1 aromatic rings. The number of halogens is 2. The van der Waals surface area contributed by atoms with Gasteiger partial charge in [-0.2, -0.15) is 0 Å². The summed E-state index contributed by atoms with van der Waals surface area (Å²) in [6, 6.07) is 4.26. The summed E-state index contributed by atoms with van der Waals surface area (Å²) in [5, 5.41) is 14.3. The third-order valence-electron chi connectivity index (χ3n) is 4.21. The molecule has 2 N–H and O–H groups in total. The molecule has 0 aromatic heterocycles. The Hall–Kier alpha value is -0.930. The first-order chi connectivity index (χ1) is 10.4. The van der Waals surface area contributed by atoms with E-state index in [9.17, 15) is 18.5 Å². The van der Waals surface area contributed by atoms with Crippen LogP contribution in [0.25, 0.3) is 0 Å². The van der Waals surface area contributed by atoms with E-state index in [0.717, 1.165) is 18.9 Å². The molecular weight excluding hydrogens is 365 g/mol. The molecule has 128 valence electrons. The van der Waals surface area contributed by atoms with Crippen LogP contribution in [0.2, 0.25) is 5.02 Å². The van der Waals surface area contributed by atoms with Crippen molar-refractivity contribution in [3.8, 4) is 0 Å². The number of nitrogens with zero attached hydrogens (tertiary/aromatic N) is 1. The average Bonchev–Trinajstić information content (AvgIpc) is 2.76. The second-order valence-electron chi connectivity index (χ2n) is 5.77. The highest BCUT2D eigenvalue weighted by molar-refractivity contribution is 7.89. The van der Waals surface area contributed by atoms with Gasteiger partial charge >= 0.3 is 0 Å². The monoisotopic (exact) mass is 381 g/mol. The fourth-order valence-corrected chi connectivity index (χ4v) is 5.31. The van der Waals surface area contributed by atoms with Crippen molar-refractivity contribution < 1.29 is 13.3 Å². The van der Waals surface area contributed by atoms with Gasteiger partial charge in [-0.3, -0.25) is 10.1 Å². The van der Waals surface area contributed by atoms with E-state index in [4.69, 9.17) is 11.6 Å². The van der Waals surface area contributed by atoms with Crippen LogP contribution in [0.4, 0.5) is 5.69 Å². The zero-order valence-corrected chi connectivity index (χ0v) is 14.5. The van der Waals surface area contributed by atoms with Crippen LogP contribution in [-0.2, 0) is 10.0 Å². The molecule has 7 nitrogen and oxygen atoms in total. The third-order valence-corrected chi connectivity index (χ3v) is 6.24. The van der Waals surface area contributed by atoms with Crippen LogP contribution < -0.4 is 10.0 Å². The molecule has 1 aromatic carbocycles. The van der Waals surface area contributed by atoms with Crippen LogP contribution >= 0.6 is 24.0 Å². The summed E-state index contributed by atoms with van der Waals surface area (Å²) >= 11 is 5.91. The van der Waals surface area contributed by atoms with Gasteiger partial charge in [0.1, 0.15) is 0 Å². The molecule has 3 rings (SSSR count). The highest BCUT2D eigenvalue weighted by atomic mass is 35.5. The Labute approximate surface area is 145 Å². The maximum atomic E-state index is 12.6. The fraction of sp³-hybridized carbons (Fsp3) is 0.538. The summed E-state index contributed by atoms with van der Waals surface area (Å²) in [5.41, 5.74) is -0.503. The molecule has 2 atom stereocenters. The second kappa shape index (κ2) is 6.90. The Morgan fingerprint density at radius 1 is 1.26 bits per heavy atom. The summed E-state index contributed by atoms with van der Waals surface area (Å²) < 4.78 is 27.7. The van der Waals surface area contributed by atoms with E-state index < -0.39 is 25.5 Å². The van der Waals surface area contributed by atoms with Gasteiger partial charge in [0.25, 0.3) is 5.69 Å². The van der Waals surface area contributed by atoms with E-state index in [1.807, 2.05) is 0 Å². The zero-order chi connectivity index (χ0) is 15.9. The summed E-state index contributed by atoms with van der Waals surface area (Å²) in [7, 11) is -4.04. The van der Waals surface area contributed by atoms with Crippen LogP contribution in [0.15, 0.2) is 23.1 Å². The Morgan fingerprint density at radius 2 is 1.87 bits per heavy atom. The van der Waals surface area contributed by atoms with Crippen molar-refractivity contribution in [2.24, 2.45) is 0 Å². The van der Waals surface area contributed by atoms with Crippen LogP contribution in [0.5, 0.6) is 0 Å². The maximum Gasteiger partial charge on any atom is 0.290 e. The van der Waals surface area contributed by atoms with Crippen molar-refractivity contribution >= 4 is 39.7 Å². The molecule has 23 heavy (non-hydrogen) atoms.